The first-order chi connectivity index (χ1) is 16.7. The molecule has 0 spiro atoms. The quantitative estimate of drug-likeness (QED) is 0.197. The van der Waals surface area contributed by atoms with Gasteiger partial charge in [-0.25, -0.2) is 0 Å². The Morgan fingerprint density at radius 3 is 1.63 bits per heavy atom. The van der Waals surface area contributed by atoms with E-state index in [2.05, 4.69) is 13.8 Å². The summed E-state index contributed by atoms with van der Waals surface area (Å²) in [6.07, 6.45) is 2.09. The van der Waals surface area contributed by atoms with E-state index >= 15 is 0 Å². The average Bonchev–Trinajstić information content (AvgIpc) is 3.24. The van der Waals surface area contributed by atoms with Crippen molar-refractivity contribution in [2.75, 3.05) is 39.6 Å². The highest BCUT2D eigenvalue weighted by Gasteiger charge is 2.61. The molecule has 0 aromatic rings. The molecule has 204 valence electrons. The van der Waals surface area contributed by atoms with Gasteiger partial charge in [-0.2, -0.15) is 0 Å². The number of aliphatic hydroxyl groups excluding tert-OH is 2. The van der Waals surface area contributed by atoms with Gasteiger partial charge >= 0.3 is 17.6 Å². The lowest BCUT2D eigenvalue weighted by atomic mass is 10.1. The maximum absolute atomic E-state index is 9.10. The molecular formula is C22H42O11Si2. The van der Waals surface area contributed by atoms with Crippen molar-refractivity contribution in [3.05, 3.63) is 0 Å². The fraction of sp³-hybridized carbons (Fsp3) is 1.00. The van der Waals surface area contributed by atoms with Gasteiger partial charge in [0.05, 0.1) is 63.1 Å². The van der Waals surface area contributed by atoms with Gasteiger partial charge in [-0.05, 0) is 40.5 Å². The molecule has 5 rings (SSSR count). The summed E-state index contributed by atoms with van der Waals surface area (Å²) >= 11 is 0. The number of fused-ring (bicyclic) bond motifs is 4. The molecule has 2 N–H and O–H groups in total. The molecule has 0 saturated carbocycles. The minimum atomic E-state index is -2.44. The molecule has 11 nitrogen and oxygen atoms in total. The van der Waals surface area contributed by atoms with Crippen LogP contribution in [0.2, 0.25) is 12.1 Å². The molecule has 0 radical (unpaired) electrons. The molecule has 13 heteroatoms. The second-order valence-corrected chi connectivity index (χ2v) is 15.1. The third kappa shape index (κ3) is 7.31. The monoisotopic (exact) mass is 538 g/mol. The maximum atomic E-state index is 9.10. The fourth-order valence-corrected chi connectivity index (χ4v) is 11.5. The van der Waals surface area contributed by atoms with Crippen LogP contribution < -0.4 is 0 Å². The highest BCUT2D eigenvalue weighted by molar-refractivity contribution is 6.62. The van der Waals surface area contributed by atoms with E-state index in [1.165, 1.54) is 0 Å². The van der Waals surface area contributed by atoms with E-state index in [1.807, 2.05) is 13.8 Å². The summed E-state index contributed by atoms with van der Waals surface area (Å²) in [7, 11) is -4.77. The standard InChI is InChI=1S/C11H22O6Si.C11H20O5Si/c1-8-11-9(2)16-18(15-8,17-11)5-3-4-14-7-10(13)6-12;1-8-11-9(2)15-17(14-8,16-11)5-3-4-12-6-10-7-13-10/h8-13H,3-7H2,1-2H3;8-11H,3-7H2,1-2H3. The number of rotatable bonds is 13. The van der Waals surface area contributed by atoms with E-state index < -0.39 is 23.7 Å². The second kappa shape index (κ2) is 12.2. The van der Waals surface area contributed by atoms with Crippen molar-refractivity contribution in [1.29, 1.82) is 0 Å². The molecule has 5 heterocycles. The summed E-state index contributed by atoms with van der Waals surface area (Å²) in [6.45, 7) is 10.9. The second-order valence-electron chi connectivity index (χ2n) is 9.97. The van der Waals surface area contributed by atoms with Crippen LogP contribution in [-0.2, 0) is 40.8 Å². The maximum Gasteiger partial charge on any atom is 0.502 e. The van der Waals surface area contributed by atoms with E-state index in [4.69, 9.17) is 51.0 Å². The Morgan fingerprint density at radius 2 is 1.23 bits per heavy atom. The van der Waals surface area contributed by atoms with E-state index in [0.29, 0.717) is 19.3 Å². The first-order valence-electron chi connectivity index (χ1n) is 12.9. The van der Waals surface area contributed by atoms with E-state index in [9.17, 15) is 0 Å². The summed E-state index contributed by atoms with van der Waals surface area (Å²) in [6, 6.07) is 1.61. The van der Waals surface area contributed by atoms with Crippen LogP contribution >= 0.6 is 0 Å². The Hall–Kier alpha value is -0.00623. The third-order valence-corrected chi connectivity index (χ3v) is 12.8. The Kier molecular flexibility index (Phi) is 9.79. The summed E-state index contributed by atoms with van der Waals surface area (Å²) in [5, 5.41) is 17.7. The predicted molar refractivity (Wildman–Crippen MR) is 127 cm³/mol. The van der Waals surface area contributed by atoms with Crippen LogP contribution in [0.1, 0.15) is 40.5 Å². The predicted octanol–water partition coefficient (Wildman–Crippen LogP) is 0.861. The molecule has 0 amide bonds. The van der Waals surface area contributed by atoms with Gasteiger partial charge in [0.15, 0.2) is 0 Å². The lowest BCUT2D eigenvalue weighted by Crippen LogP contribution is -2.44. The number of hydrogen-bond donors (Lipinski definition) is 2. The van der Waals surface area contributed by atoms with Crippen molar-refractivity contribution in [3.63, 3.8) is 0 Å². The zero-order valence-corrected chi connectivity index (χ0v) is 23.3. The Labute approximate surface area is 209 Å². The van der Waals surface area contributed by atoms with Gasteiger partial charge in [0.2, 0.25) is 0 Å². The average molecular weight is 539 g/mol. The summed E-state index contributed by atoms with van der Waals surface area (Å²) in [5.74, 6) is 0. The molecule has 4 bridgehead atoms. The van der Waals surface area contributed by atoms with Crippen LogP contribution in [-0.4, -0.2) is 116 Å². The lowest BCUT2D eigenvalue weighted by Gasteiger charge is -2.26. The highest BCUT2D eigenvalue weighted by atomic mass is 28.4. The zero-order valence-electron chi connectivity index (χ0n) is 21.3. The van der Waals surface area contributed by atoms with Gasteiger partial charge in [-0.1, -0.05) is 0 Å². The van der Waals surface area contributed by atoms with Gasteiger partial charge < -0.3 is 51.0 Å². The van der Waals surface area contributed by atoms with Crippen LogP contribution in [0.5, 0.6) is 0 Å². The fourth-order valence-electron chi connectivity index (χ4n) is 4.92. The normalized spacial score (nSPS) is 43.9. The molecule has 0 aliphatic carbocycles. The molecule has 5 aliphatic rings. The Morgan fingerprint density at radius 1 is 0.771 bits per heavy atom. The molecule has 5 fully saturated rings. The number of ether oxygens (including phenoxy) is 3. The summed E-state index contributed by atoms with van der Waals surface area (Å²) in [5.41, 5.74) is 0. The van der Waals surface area contributed by atoms with Crippen molar-refractivity contribution in [3.8, 4) is 0 Å². The molecular weight excluding hydrogens is 496 g/mol. The number of aliphatic hydroxyl groups is 2. The van der Waals surface area contributed by atoms with Crippen molar-refractivity contribution >= 4 is 17.6 Å². The minimum absolute atomic E-state index is 0.0776. The lowest BCUT2D eigenvalue weighted by molar-refractivity contribution is 0.00507. The van der Waals surface area contributed by atoms with Gasteiger partial charge in [0.1, 0.15) is 12.2 Å². The zero-order chi connectivity index (χ0) is 25.1. The molecule has 6 atom stereocenters. The van der Waals surface area contributed by atoms with E-state index in [0.717, 1.165) is 38.1 Å². The van der Waals surface area contributed by atoms with Gasteiger partial charge in [-0.15, -0.1) is 0 Å². The van der Waals surface area contributed by atoms with E-state index in [1.54, 1.807) is 0 Å². The summed E-state index contributed by atoms with van der Waals surface area (Å²) in [4.78, 5) is 0. The van der Waals surface area contributed by atoms with Crippen LogP contribution in [0.25, 0.3) is 0 Å². The SMILES string of the molecule is CC1O[Si]2(CCCOCC(O)CO)OC(C)C1O2.CC1O[Si]2(CCCOCC3CO3)OC(C)C1O2. The smallest absolute Gasteiger partial charge is 0.394 e. The number of epoxide rings is 1. The topological polar surface area (TPSA) is 127 Å². The molecule has 5 saturated heterocycles. The van der Waals surface area contributed by atoms with Crippen molar-refractivity contribution in [2.45, 2.75) is 101 Å². The van der Waals surface area contributed by atoms with Crippen molar-refractivity contribution in [1.82, 2.24) is 0 Å². The third-order valence-electron chi connectivity index (χ3n) is 6.71. The van der Waals surface area contributed by atoms with Crippen LogP contribution in [0.3, 0.4) is 0 Å². The Bertz CT molecular complexity index is 645. The van der Waals surface area contributed by atoms with Crippen LogP contribution in [0.4, 0.5) is 0 Å². The Balaban J connectivity index is 0.000000165. The van der Waals surface area contributed by atoms with Crippen LogP contribution in [0, 0.1) is 0 Å². The van der Waals surface area contributed by atoms with Crippen molar-refractivity contribution < 1.29 is 51.0 Å². The minimum Gasteiger partial charge on any atom is -0.394 e. The largest absolute Gasteiger partial charge is 0.502 e. The molecule has 35 heavy (non-hydrogen) atoms. The first-order valence-corrected chi connectivity index (χ1v) is 16.7. The summed E-state index contributed by atoms with van der Waals surface area (Å²) < 4.78 is 51.0. The van der Waals surface area contributed by atoms with E-state index in [-0.39, 0.29) is 49.8 Å². The van der Waals surface area contributed by atoms with Gasteiger partial charge in [0, 0.05) is 25.3 Å². The first kappa shape index (κ1) is 28.0. The van der Waals surface area contributed by atoms with Gasteiger partial charge in [0.25, 0.3) is 0 Å². The molecule has 0 aromatic carbocycles. The van der Waals surface area contributed by atoms with Crippen LogP contribution in [0.15, 0.2) is 0 Å². The molecule has 0 aromatic heterocycles. The molecule has 6 unspecified atom stereocenters. The molecule has 5 aliphatic heterocycles. The number of hydrogen-bond acceptors (Lipinski definition) is 11. The highest BCUT2D eigenvalue weighted by Crippen LogP contribution is 2.41. The van der Waals surface area contributed by atoms with Gasteiger partial charge in [-0.3, -0.25) is 0 Å². The van der Waals surface area contributed by atoms with Crippen molar-refractivity contribution in [2.24, 2.45) is 0 Å².